The average Bonchev–Trinajstić information content (AvgIpc) is 2.81. The second-order valence-electron chi connectivity index (χ2n) is 9.32. The molecule has 191 valence electrons. The minimum absolute atomic E-state index is 0. The summed E-state index contributed by atoms with van der Waals surface area (Å²) in [6.07, 6.45) is 0. The van der Waals surface area contributed by atoms with E-state index in [2.05, 4.69) is 12.1 Å². The first kappa shape index (κ1) is 30.4. The van der Waals surface area contributed by atoms with Gasteiger partial charge in [-0.25, -0.2) is 0 Å². The maximum atomic E-state index is 9.75. The van der Waals surface area contributed by atoms with Gasteiger partial charge in [0.15, 0.2) is 0 Å². The molecule has 4 nitrogen and oxygen atoms in total. The van der Waals surface area contributed by atoms with Gasteiger partial charge in [0.2, 0.25) is 0 Å². The van der Waals surface area contributed by atoms with E-state index in [9.17, 15) is 10.2 Å². The number of hydrogen-bond donors (Lipinski definition) is 2. The molecular formula is C32H34O4Y-2. The third-order valence-corrected chi connectivity index (χ3v) is 6.00. The summed E-state index contributed by atoms with van der Waals surface area (Å²) in [4.78, 5) is 0. The Kier molecular flexibility index (Phi) is 10.8. The summed E-state index contributed by atoms with van der Waals surface area (Å²) in [5.74, 6) is 3.88. The standard InChI is InChI=1S/2C16H17O2.Y/c2*1-10-6-5-7-11(2)16(10)18-14-8-12(3)15(17)13(4)9-14;/h2*6-9,17H,1-4H3;/q2*-1;. The molecule has 0 fully saturated rings. The molecule has 4 aromatic rings. The first-order chi connectivity index (χ1) is 17.0. The van der Waals surface area contributed by atoms with Gasteiger partial charge < -0.3 is 19.7 Å². The van der Waals surface area contributed by atoms with Crippen molar-refractivity contribution in [1.29, 1.82) is 0 Å². The topological polar surface area (TPSA) is 58.9 Å². The van der Waals surface area contributed by atoms with E-state index in [1.165, 1.54) is 0 Å². The van der Waals surface area contributed by atoms with Crippen LogP contribution in [0.2, 0.25) is 0 Å². The largest absolute Gasteiger partial charge is 0.507 e. The summed E-state index contributed by atoms with van der Waals surface area (Å²) in [7, 11) is 0. The van der Waals surface area contributed by atoms with Crippen LogP contribution in [0.3, 0.4) is 0 Å². The van der Waals surface area contributed by atoms with E-state index in [0.717, 1.165) is 67.5 Å². The Morgan fingerprint density at radius 2 is 0.703 bits per heavy atom. The average molecular weight is 572 g/mol. The van der Waals surface area contributed by atoms with E-state index in [0.29, 0.717) is 11.5 Å². The Bertz CT molecular complexity index is 1200. The molecule has 4 aromatic carbocycles. The Morgan fingerprint density at radius 1 is 0.459 bits per heavy atom. The summed E-state index contributed by atoms with van der Waals surface area (Å²) in [5, 5.41) is 19.5. The smallest absolute Gasteiger partial charge is 0.125 e. The van der Waals surface area contributed by atoms with Crippen LogP contribution < -0.4 is 9.47 Å². The maximum absolute atomic E-state index is 9.75. The normalized spacial score (nSPS) is 10.2. The Morgan fingerprint density at radius 3 is 0.946 bits per heavy atom. The molecule has 1 radical (unpaired) electrons. The molecule has 0 atom stereocenters. The van der Waals surface area contributed by atoms with E-state index >= 15 is 0 Å². The van der Waals surface area contributed by atoms with Crippen molar-refractivity contribution in [3.63, 3.8) is 0 Å². The van der Waals surface area contributed by atoms with Gasteiger partial charge in [0.25, 0.3) is 0 Å². The van der Waals surface area contributed by atoms with Crippen molar-refractivity contribution in [1.82, 2.24) is 0 Å². The molecule has 37 heavy (non-hydrogen) atoms. The van der Waals surface area contributed by atoms with Crippen LogP contribution >= 0.6 is 0 Å². The van der Waals surface area contributed by atoms with Crippen molar-refractivity contribution < 1.29 is 52.4 Å². The van der Waals surface area contributed by atoms with Crippen LogP contribution in [-0.4, -0.2) is 10.2 Å². The zero-order valence-corrected chi connectivity index (χ0v) is 25.7. The number of rotatable bonds is 4. The number of aromatic hydroxyl groups is 2. The Balaban J connectivity index is 0.000000253. The maximum Gasteiger partial charge on any atom is 0.125 e. The molecule has 4 rings (SSSR count). The summed E-state index contributed by atoms with van der Waals surface area (Å²) < 4.78 is 11.9. The van der Waals surface area contributed by atoms with Gasteiger partial charge in [-0.2, -0.15) is 36.4 Å². The van der Waals surface area contributed by atoms with Crippen LogP contribution in [0.15, 0.2) is 48.5 Å². The number of phenols is 2. The molecule has 5 heteroatoms. The second-order valence-corrected chi connectivity index (χ2v) is 9.32. The minimum atomic E-state index is 0. The van der Waals surface area contributed by atoms with Crippen LogP contribution in [0.5, 0.6) is 34.5 Å². The van der Waals surface area contributed by atoms with E-state index in [4.69, 9.17) is 9.47 Å². The fourth-order valence-electron chi connectivity index (χ4n) is 3.98. The first-order valence-corrected chi connectivity index (χ1v) is 11.9. The number of benzene rings is 4. The van der Waals surface area contributed by atoms with Gasteiger partial charge >= 0.3 is 0 Å². The number of aryl methyl sites for hydroxylation is 8. The van der Waals surface area contributed by atoms with Gasteiger partial charge in [-0.15, -0.1) is 22.3 Å². The zero-order chi connectivity index (χ0) is 26.6. The molecule has 0 saturated heterocycles. The summed E-state index contributed by atoms with van der Waals surface area (Å²) in [6.45, 7) is 15.5. The molecule has 0 amide bonds. The van der Waals surface area contributed by atoms with E-state index in [1.807, 2.05) is 104 Å². The van der Waals surface area contributed by atoms with Crippen molar-refractivity contribution in [3.8, 4) is 34.5 Å². The Labute approximate surface area is 246 Å². The molecule has 0 unspecified atom stereocenters. The van der Waals surface area contributed by atoms with E-state index in [1.54, 1.807) is 0 Å². The minimum Gasteiger partial charge on any atom is -0.507 e. The van der Waals surface area contributed by atoms with Crippen molar-refractivity contribution in [2.24, 2.45) is 0 Å². The van der Waals surface area contributed by atoms with E-state index in [-0.39, 0.29) is 32.7 Å². The van der Waals surface area contributed by atoms with Crippen LogP contribution in [0, 0.1) is 67.5 Å². The van der Waals surface area contributed by atoms with Crippen LogP contribution in [0.1, 0.15) is 44.5 Å². The zero-order valence-electron chi connectivity index (χ0n) is 22.9. The molecular weight excluding hydrogens is 537 g/mol. The second kappa shape index (κ2) is 13.1. The molecule has 0 aliphatic carbocycles. The van der Waals surface area contributed by atoms with Crippen molar-refractivity contribution in [3.05, 3.63) is 105 Å². The quantitative estimate of drug-likeness (QED) is 0.242. The summed E-state index contributed by atoms with van der Waals surface area (Å²) in [6, 6.07) is 21.1. The monoisotopic (exact) mass is 571 g/mol. The van der Waals surface area contributed by atoms with Gasteiger partial charge in [0.05, 0.1) is 0 Å². The molecule has 2 N–H and O–H groups in total. The van der Waals surface area contributed by atoms with Crippen molar-refractivity contribution in [2.45, 2.75) is 55.4 Å². The molecule has 0 bridgehead atoms. The van der Waals surface area contributed by atoms with Gasteiger partial charge in [0.1, 0.15) is 23.0 Å². The van der Waals surface area contributed by atoms with Gasteiger partial charge in [-0.05, 0) is 74.2 Å². The molecule has 0 aliphatic rings. The SMILES string of the molecule is Cc1cc(Oc2c(C)c[c-]cc2C)cc(C)c1O.Cc1cc(Oc2c(C)c[c-]cc2C)cc(C)c1O.[Y]. The van der Waals surface area contributed by atoms with Crippen molar-refractivity contribution >= 4 is 0 Å². The fraction of sp³-hybridized carbons (Fsp3) is 0.250. The summed E-state index contributed by atoms with van der Waals surface area (Å²) in [5.41, 5.74) is 7.50. The van der Waals surface area contributed by atoms with Crippen LogP contribution in [0.25, 0.3) is 0 Å². The predicted octanol–water partition coefficient (Wildman–Crippen LogP) is 8.43. The number of hydrogen-bond acceptors (Lipinski definition) is 4. The Hall–Kier alpha value is -2.82. The van der Waals surface area contributed by atoms with Gasteiger partial charge in [-0.3, -0.25) is 0 Å². The van der Waals surface area contributed by atoms with E-state index < -0.39 is 0 Å². The third-order valence-electron chi connectivity index (χ3n) is 6.00. The first-order valence-electron chi connectivity index (χ1n) is 11.9. The molecule has 0 aliphatic heterocycles. The summed E-state index contributed by atoms with van der Waals surface area (Å²) >= 11 is 0. The van der Waals surface area contributed by atoms with Crippen LogP contribution in [-0.2, 0) is 32.7 Å². The molecule has 0 heterocycles. The van der Waals surface area contributed by atoms with Gasteiger partial charge in [-0.1, -0.05) is 27.7 Å². The fourth-order valence-corrected chi connectivity index (χ4v) is 3.98. The third kappa shape index (κ3) is 7.59. The van der Waals surface area contributed by atoms with Gasteiger partial charge in [0, 0.05) is 44.2 Å². The number of phenolic OH excluding ortho intramolecular Hbond substituents is 2. The molecule has 0 spiro atoms. The predicted molar refractivity (Wildman–Crippen MR) is 145 cm³/mol. The number of ether oxygens (including phenoxy) is 2. The molecule has 0 saturated carbocycles. The molecule has 0 aromatic heterocycles. The van der Waals surface area contributed by atoms with Crippen LogP contribution in [0.4, 0.5) is 0 Å². The van der Waals surface area contributed by atoms with Crippen molar-refractivity contribution in [2.75, 3.05) is 0 Å².